The van der Waals surface area contributed by atoms with Crippen LogP contribution in [-0.2, 0) is 0 Å². The van der Waals surface area contributed by atoms with Crippen LogP contribution in [0.4, 0.5) is 0 Å². The molecule has 0 fully saturated rings. The molecular weight excluding hydrogens is 384 g/mol. The van der Waals surface area contributed by atoms with Crippen molar-refractivity contribution in [1.29, 1.82) is 0 Å². The first-order valence-corrected chi connectivity index (χ1v) is 7.89. The van der Waals surface area contributed by atoms with Crippen molar-refractivity contribution < 1.29 is 4.74 Å². The fourth-order valence-electron chi connectivity index (χ4n) is 1.87. The maximum Gasteiger partial charge on any atom is 0.120 e. The molecule has 20 heavy (non-hydrogen) atoms. The van der Waals surface area contributed by atoms with Crippen molar-refractivity contribution in [2.24, 2.45) is 5.73 Å². The minimum atomic E-state index is -0.298. The second-order valence-electron chi connectivity index (χ2n) is 4.74. The Bertz CT molecular complexity index is 602. The number of pyridine rings is 1. The number of ether oxygens (including phenoxy) is 1. The average molecular weight is 400 g/mol. The molecule has 0 saturated carbocycles. The van der Waals surface area contributed by atoms with Gasteiger partial charge in [0.05, 0.1) is 17.8 Å². The molecule has 0 bridgehead atoms. The van der Waals surface area contributed by atoms with Crippen LogP contribution >= 0.6 is 31.9 Å². The van der Waals surface area contributed by atoms with E-state index in [9.17, 15) is 0 Å². The van der Waals surface area contributed by atoms with Gasteiger partial charge in [0.2, 0.25) is 0 Å². The molecule has 2 N–H and O–H groups in total. The highest BCUT2D eigenvalue weighted by Gasteiger charge is 2.15. The summed E-state index contributed by atoms with van der Waals surface area (Å²) in [5.41, 5.74) is 8.08. The molecule has 2 rings (SSSR count). The van der Waals surface area contributed by atoms with E-state index in [1.165, 1.54) is 0 Å². The summed E-state index contributed by atoms with van der Waals surface area (Å²) in [6.45, 7) is 4.00. The maximum atomic E-state index is 6.30. The van der Waals surface area contributed by atoms with E-state index in [2.05, 4.69) is 36.8 Å². The van der Waals surface area contributed by atoms with E-state index >= 15 is 0 Å². The lowest BCUT2D eigenvalue weighted by atomic mass is 10.0. The van der Waals surface area contributed by atoms with Gasteiger partial charge in [0.1, 0.15) is 5.75 Å². The zero-order valence-corrected chi connectivity index (χ0v) is 14.5. The van der Waals surface area contributed by atoms with Crippen molar-refractivity contribution in [1.82, 2.24) is 4.98 Å². The van der Waals surface area contributed by atoms with Crippen LogP contribution in [0.3, 0.4) is 0 Å². The molecule has 0 aliphatic heterocycles. The zero-order valence-electron chi connectivity index (χ0n) is 11.3. The highest BCUT2D eigenvalue weighted by molar-refractivity contribution is 9.11. The summed E-state index contributed by atoms with van der Waals surface area (Å²) in [7, 11) is 0. The molecule has 1 aromatic carbocycles. The van der Waals surface area contributed by atoms with Gasteiger partial charge in [-0.05, 0) is 69.5 Å². The first-order valence-electron chi connectivity index (χ1n) is 6.30. The van der Waals surface area contributed by atoms with Gasteiger partial charge >= 0.3 is 0 Å². The molecule has 1 unspecified atom stereocenters. The first-order chi connectivity index (χ1) is 9.47. The number of hydrogen-bond donors (Lipinski definition) is 1. The second kappa shape index (κ2) is 6.70. The van der Waals surface area contributed by atoms with Gasteiger partial charge < -0.3 is 10.5 Å². The Hall–Kier alpha value is -0.910. The van der Waals surface area contributed by atoms with Crippen molar-refractivity contribution in [2.75, 3.05) is 0 Å². The van der Waals surface area contributed by atoms with E-state index in [0.717, 1.165) is 26.0 Å². The second-order valence-corrected chi connectivity index (χ2v) is 6.51. The van der Waals surface area contributed by atoms with Crippen molar-refractivity contribution >= 4 is 31.9 Å². The van der Waals surface area contributed by atoms with E-state index in [0.29, 0.717) is 0 Å². The summed E-state index contributed by atoms with van der Waals surface area (Å²) in [6, 6.07) is 9.46. The Morgan fingerprint density at radius 1 is 1.20 bits per heavy atom. The summed E-state index contributed by atoms with van der Waals surface area (Å²) in [4.78, 5) is 4.39. The van der Waals surface area contributed by atoms with Gasteiger partial charge in [-0.3, -0.25) is 4.98 Å². The Labute approximate surface area is 135 Å². The van der Waals surface area contributed by atoms with Crippen molar-refractivity contribution in [3.05, 3.63) is 56.7 Å². The summed E-state index contributed by atoms with van der Waals surface area (Å²) in [5, 5.41) is 0. The van der Waals surface area contributed by atoms with E-state index in [1.807, 2.05) is 44.2 Å². The van der Waals surface area contributed by atoms with Crippen molar-refractivity contribution in [3.63, 3.8) is 0 Å². The van der Waals surface area contributed by atoms with Gasteiger partial charge in [-0.15, -0.1) is 0 Å². The highest BCUT2D eigenvalue weighted by Crippen LogP contribution is 2.29. The van der Waals surface area contributed by atoms with Gasteiger partial charge in [0.15, 0.2) is 0 Å². The predicted octanol–water partition coefficient (Wildman–Crippen LogP) is 4.44. The number of aromatic nitrogens is 1. The number of rotatable bonds is 4. The Morgan fingerprint density at radius 3 is 2.60 bits per heavy atom. The Morgan fingerprint density at radius 2 is 1.95 bits per heavy atom. The smallest absolute Gasteiger partial charge is 0.120 e. The van der Waals surface area contributed by atoms with Crippen molar-refractivity contribution in [3.8, 4) is 5.75 Å². The van der Waals surface area contributed by atoms with Crippen LogP contribution in [0.2, 0.25) is 0 Å². The Kier molecular flexibility index (Phi) is 5.18. The molecule has 1 atom stereocenters. The van der Waals surface area contributed by atoms with Crippen molar-refractivity contribution in [2.45, 2.75) is 26.0 Å². The third-order valence-electron chi connectivity index (χ3n) is 2.72. The normalized spacial score (nSPS) is 12.5. The third-order valence-corrected chi connectivity index (χ3v) is 3.79. The number of nitrogens with zero attached hydrogens (tertiary/aromatic N) is 1. The zero-order chi connectivity index (χ0) is 14.7. The number of hydrogen-bond acceptors (Lipinski definition) is 3. The molecule has 2 aromatic rings. The van der Waals surface area contributed by atoms with Crippen LogP contribution in [-0.4, -0.2) is 11.1 Å². The lowest BCUT2D eigenvalue weighted by molar-refractivity contribution is 0.242. The van der Waals surface area contributed by atoms with Gasteiger partial charge in [0.25, 0.3) is 0 Å². The molecule has 0 radical (unpaired) electrons. The molecule has 0 saturated heterocycles. The molecule has 0 amide bonds. The summed E-state index contributed by atoms with van der Waals surface area (Å²) < 4.78 is 7.49. The summed E-state index contributed by atoms with van der Waals surface area (Å²) in [6.07, 6.45) is 1.88. The fourth-order valence-corrected chi connectivity index (χ4v) is 3.10. The quantitative estimate of drug-likeness (QED) is 0.826. The molecular formula is C15H16Br2N2O. The van der Waals surface area contributed by atoms with Crippen LogP contribution in [0, 0.1) is 0 Å². The fraction of sp³-hybridized carbons (Fsp3) is 0.267. The first kappa shape index (κ1) is 15.5. The monoisotopic (exact) mass is 398 g/mol. The van der Waals surface area contributed by atoms with E-state index in [4.69, 9.17) is 10.5 Å². The molecule has 1 heterocycles. The number of halogens is 2. The van der Waals surface area contributed by atoms with Gasteiger partial charge in [-0.2, -0.15) is 0 Å². The van der Waals surface area contributed by atoms with Gasteiger partial charge in [-0.25, -0.2) is 0 Å². The number of nitrogens with two attached hydrogens (primary N) is 1. The molecule has 5 heteroatoms. The molecule has 0 aliphatic carbocycles. The van der Waals surface area contributed by atoms with E-state index < -0.39 is 0 Å². The standard InChI is InChI=1S/C15H16Br2N2O/c1-9(2)20-12-5-3-4-10(6-12)14(18)15-13(17)7-11(16)8-19-15/h3-9,14H,18H2,1-2H3. The van der Waals surface area contributed by atoms with Gasteiger partial charge in [-0.1, -0.05) is 12.1 Å². The Balaban J connectivity index is 2.30. The SMILES string of the molecule is CC(C)Oc1cccc(C(N)c2ncc(Br)cc2Br)c1. The van der Waals surface area contributed by atoms with E-state index in [1.54, 1.807) is 6.20 Å². The predicted molar refractivity (Wildman–Crippen MR) is 87.9 cm³/mol. The molecule has 106 valence electrons. The van der Waals surface area contributed by atoms with Crippen LogP contribution in [0.25, 0.3) is 0 Å². The largest absolute Gasteiger partial charge is 0.491 e. The summed E-state index contributed by atoms with van der Waals surface area (Å²) >= 11 is 6.89. The lowest BCUT2D eigenvalue weighted by Gasteiger charge is -2.16. The van der Waals surface area contributed by atoms with Crippen LogP contribution in [0.15, 0.2) is 45.5 Å². The topological polar surface area (TPSA) is 48.1 Å². The van der Waals surface area contributed by atoms with Crippen LogP contribution < -0.4 is 10.5 Å². The molecule has 1 aromatic heterocycles. The van der Waals surface area contributed by atoms with E-state index in [-0.39, 0.29) is 12.1 Å². The minimum Gasteiger partial charge on any atom is -0.491 e. The van der Waals surface area contributed by atoms with Crippen LogP contribution in [0.5, 0.6) is 5.75 Å². The number of benzene rings is 1. The van der Waals surface area contributed by atoms with Gasteiger partial charge in [0, 0.05) is 15.1 Å². The third kappa shape index (κ3) is 3.81. The lowest BCUT2D eigenvalue weighted by Crippen LogP contribution is -2.14. The molecule has 3 nitrogen and oxygen atoms in total. The molecule has 0 spiro atoms. The minimum absolute atomic E-state index is 0.138. The van der Waals surface area contributed by atoms with Crippen LogP contribution in [0.1, 0.15) is 31.1 Å². The summed E-state index contributed by atoms with van der Waals surface area (Å²) in [5.74, 6) is 0.821. The molecule has 0 aliphatic rings. The average Bonchev–Trinajstić information content (AvgIpc) is 2.37. The highest BCUT2D eigenvalue weighted by atomic mass is 79.9. The maximum absolute atomic E-state index is 6.30.